The third-order valence-corrected chi connectivity index (χ3v) is 4.96. The predicted molar refractivity (Wildman–Crippen MR) is 87.0 cm³/mol. The Balaban J connectivity index is 2.18. The van der Waals surface area contributed by atoms with Gasteiger partial charge in [-0.15, -0.1) is 11.3 Å². The molecule has 1 aromatic carbocycles. The van der Waals surface area contributed by atoms with Crippen molar-refractivity contribution in [2.75, 3.05) is 6.54 Å². The van der Waals surface area contributed by atoms with Crippen molar-refractivity contribution in [1.29, 1.82) is 0 Å². The molecular formula is C14H16BrClN2S. The van der Waals surface area contributed by atoms with E-state index in [9.17, 15) is 0 Å². The largest absolute Gasteiger partial charge is 0.309 e. The first-order valence-corrected chi connectivity index (χ1v) is 8.31. The second-order valence-electron chi connectivity index (χ2n) is 4.38. The number of aromatic nitrogens is 1. The lowest BCUT2D eigenvalue weighted by molar-refractivity contribution is 0.561. The highest BCUT2D eigenvalue weighted by Crippen LogP contribution is 2.31. The highest BCUT2D eigenvalue weighted by Gasteiger charge is 2.11. The van der Waals surface area contributed by atoms with Crippen LogP contribution in [0.5, 0.6) is 0 Å². The first-order chi connectivity index (χ1) is 9.11. The number of rotatable bonds is 5. The maximum absolute atomic E-state index is 6.01. The Morgan fingerprint density at radius 2 is 2.26 bits per heavy atom. The molecule has 1 unspecified atom stereocenters. The van der Waals surface area contributed by atoms with Gasteiger partial charge in [0.15, 0.2) is 0 Å². The highest BCUT2D eigenvalue weighted by molar-refractivity contribution is 9.10. The molecule has 0 radical (unpaired) electrons. The Kier molecular flexibility index (Phi) is 5.39. The molecule has 0 saturated carbocycles. The molecule has 5 heteroatoms. The van der Waals surface area contributed by atoms with Gasteiger partial charge >= 0.3 is 0 Å². The maximum atomic E-state index is 6.01. The lowest BCUT2D eigenvalue weighted by Gasteiger charge is -2.09. The van der Waals surface area contributed by atoms with E-state index < -0.39 is 0 Å². The van der Waals surface area contributed by atoms with Gasteiger partial charge < -0.3 is 5.32 Å². The van der Waals surface area contributed by atoms with E-state index in [0.29, 0.717) is 6.04 Å². The molecule has 0 saturated heterocycles. The fraction of sp³-hybridized carbons (Fsp3) is 0.357. The fourth-order valence-electron chi connectivity index (χ4n) is 1.71. The zero-order valence-corrected chi connectivity index (χ0v) is 14.1. The molecule has 2 aromatic rings. The molecule has 2 rings (SSSR count). The summed E-state index contributed by atoms with van der Waals surface area (Å²) in [4.78, 5) is 4.70. The summed E-state index contributed by atoms with van der Waals surface area (Å²) in [5, 5.41) is 7.31. The van der Waals surface area contributed by atoms with Gasteiger partial charge in [-0.2, -0.15) is 0 Å². The molecule has 1 aromatic heterocycles. The first-order valence-electron chi connectivity index (χ1n) is 6.26. The molecule has 2 nitrogen and oxygen atoms in total. The first kappa shape index (κ1) is 15.0. The number of thiazole rings is 1. The molecule has 1 atom stereocenters. The highest BCUT2D eigenvalue weighted by atomic mass is 79.9. The standard InChI is InChI=1S/C14H16BrClN2S/c1-3-6-17-9(2)13-8-19-14(18-13)10-4-5-12(16)11(15)7-10/h4-5,7-9,17H,3,6H2,1-2H3. The van der Waals surface area contributed by atoms with Gasteiger partial charge in [0.1, 0.15) is 5.01 Å². The molecule has 0 aliphatic heterocycles. The summed E-state index contributed by atoms with van der Waals surface area (Å²) in [5.41, 5.74) is 2.19. The van der Waals surface area contributed by atoms with Crippen molar-refractivity contribution in [1.82, 2.24) is 10.3 Å². The van der Waals surface area contributed by atoms with E-state index in [1.165, 1.54) is 0 Å². The molecule has 0 fully saturated rings. The van der Waals surface area contributed by atoms with Crippen LogP contribution in [0.1, 0.15) is 32.0 Å². The van der Waals surface area contributed by atoms with Crippen molar-refractivity contribution >= 4 is 38.9 Å². The van der Waals surface area contributed by atoms with Crippen molar-refractivity contribution in [3.63, 3.8) is 0 Å². The van der Waals surface area contributed by atoms with Crippen LogP contribution >= 0.6 is 38.9 Å². The minimum atomic E-state index is 0.292. The van der Waals surface area contributed by atoms with E-state index in [0.717, 1.165) is 38.7 Å². The lowest BCUT2D eigenvalue weighted by Crippen LogP contribution is -2.19. The number of nitrogens with zero attached hydrogens (tertiary/aromatic N) is 1. The van der Waals surface area contributed by atoms with E-state index in [1.807, 2.05) is 18.2 Å². The minimum Gasteiger partial charge on any atom is -0.309 e. The second-order valence-corrected chi connectivity index (χ2v) is 6.50. The van der Waals surface area contributed by atoms with Crippen LogP contribution in [0.2, 0.25) is 5.02 Å². The third-order valence-electron chi connectivity index (χ3n) is 2.83. The number of hydrogen-bond acceptors (Lipinski definition) is 3. The van der Waals surface area contributed by atoms with E-state index in [-0.39, 0.29) is 0 Å². The van der Waals surface area contributed by atoms with Gasteiger partial charge in [-0.3, -0.25) is 0 Å². The van der Waals surface area contributed by atoms with Crippen LogP contribution in [0, 0.1) is 0 Å². The van der Waals surface area contributed by atoms with Gasteiger partial charge in [0.25, 0.3) is 0 Å². The summed E-state index contributed by atoms with van der Waals surface area (Å²) in [6.45, 7) is 5.32. The van der Waals surface area contributed by atoms with Gasteiger partial charge in [-0.1, -0.05) is 24.6 Å². The van der Waals surface area contributed by atoms with Crippen molar-refractivity contribution in [3.05, 3.63) is 38.8 Å². The van der Waals surface area contributed by atoms with Gasteiger partial charge in [0.05, 0.1) is 10.7 Å². The van der Waals surface area contributed by atoms with Crippen molar-refractivity contribution in [2.45, 2.75) is 26.3 Å². The predicted octanol–water partition coefficient (Wildman–Crippen LogP) is 5.29. The van der Waals surface area contributed by atoms with Crippen LogP contribution in [0.3, 0.4) is 0 Å². The summed E-state index contributed by atoms with van der Waals surface area (Å²) in [7, 11) is 0. The van der Waals surface area contributed by atoms with Crippen LogP contribution in [0.15, 0.2) is 28.1 Å². The maximum Gasteiger partial charge on any atom is 0.123 e. The fourth-order valence-corrected chi connectivity index (χ4v) is 3.12. The monoisotopic (exact) mass is 358 g/mol. The molecule has 1 heterocycles. The average molecular weight is 360 g/mol. The summed E-state index contributed by atoms with van der Waals surface area (Å²) in [6, 6.07) is 6.19. The molecule has 0 aliphatic rings. The molecule has 0 bridgehead atoms. The topological polar surface area (TPSA) is 24.9 Å². The number of nitrogens with one attached hydrogen (secondary N) is 1. The molecule has 0 amide bonds. The van der Waals surface area contributed by atoms with Crippen LogP contribution in [-0.2, 0) is 0 Å². The Morgan fingerprint density at radius 3 is 2.95 bits per heavy atom. The van der Waals surface area contributed by atoms with E-state index in [4.69, 9.17) is 16.6 Å². The average Bonchev–Trinajstić information content (AvgIpc) is 2.89. The Labute approximate surface area is 131 Å². The second kappa shape index (κ2) is 6.84. The van der Waals surface area contributed by atoms with E-state index in [1.54, 1.807) is 11.3 Å². The van der Waals surface area contributed by atoms with Crippen LogP contribution in [-0.4, -0.2) is 11.5 Å². The van der Waals surface area contributed by atoms with Crippen LogP contribution in [0.4, 0.5) is 0 Å². The van der Waals surface area contributed by atoms with Crippen molar-refractivity contribution in [2.24, 2.45) is 0 Å². The van der Waals surface area contributed by atoms with Crippen molar-refractivity contribution < 1.29 is 0 Å². The summed E-state index contributed by atoms with van der Waals surface area (Å²) in [5.74, 6) is 0. The van der Waals surface area contributed by atoms with Crippen LogP contribution < -0.4 is 5.32 Å². The minimum absolute atomic E-state index is 0.292. The molecule has 0 aliphatic carbocycles. The Morgan fingerprint density at radius 1 is 1.47 bits per heavy atom. The van der Waals surface area contributed by atoms with Gasteiger partial charge in [-0.25, -0.2) is 4.98 Å². The van der Waals surface area contributed by atoms with Gasteiger partial charge in [-0.05, 0) is 48.0 Å². The van der Waals surface area contributed by atoms with Gasteiger partial charge in [0.2, 0.25) is 0 Å². The summed E-state index contributed by atoms with van der Waals surface area (Å²) >= 11 is 11.1. The Bertz CT molecular complexity index is 556. The smallest absolute Gasteiger partial charge is 0.123 e. The van der Waals surface area contributed by atoms with E-state index in [2.05, 4.69) is 40.5 Å². The molecule has 1 N–H and O–H groups in total. The number of halogens is 2. The van der Waals surface area contributed by atoms with Crippen LogP contribution in [0.25, 0.3) is 10.6 Å². The van der Waals surface area contributed by atoms with E-state index >= 15 is 0 Å². The lowest BCUT2D eigenvalue weighted by atomic mass is 10.2. The van der Waals surface area contributed by atoms with Gasteiger partial charge in [0, 0.05) is 21.5 Å². The quantitative estimate of drug-likeness (QED) is 0.785. The number of hydrogen-bond donors (Lipinski definition) is 1. The normalized spacial score (nSPS) is 12.6. The van der Waals surface area contributed by atoms with Crippen molar-refractivity contribution in [3.8, 4) is 10.6 Å². The Hall–Kier alpha value is -0.420. The zero-order valence-electron chi connectivity index (χ0n) is 10.9. The third kappa shape index (κ3) is 3.78. The molecular weight excluding hydrogens is 344 g/mol. The molecule has 102 valence electrons. The molecule has 19 heavy (non-hydrogen) atoms. The molecule has 0 spiro atoms. The zero-order chi connectivity index (χ0) is 13.8. The number of benzene rings is 1. The SMILES string of the molecule is CCCNC(C)c1csc(-c2ccc(Cl)c(Br)c2)n1. The summed E-state index contributed by atoms with van der Waals surface area (Å²) in [6.07, 6.45) is 1.13. The summed E-state index contributed by atoms with van der Waals surface area (Å²) < 4.78 is 0.903.